The van der Waals surface area contributed by atoms with E-state index in [-0.39, 0.29) is 12.1 Å². The number of aryl methyl sites for hydroxylation is 1. The van der Waals surface area contributed by atoms with Gasteiger partial charge in [-0.3, -0.25) is 4.79 Å². The minimum atomic E-state index is -0.207. The molecular formula is C24H24ClN3O3S. The Labute approximate surface area is 195 Å². The zero-order chi connectivity index (χ0) is 22.7. The van der Waals surface area contributed by atoms with Crippen LogP contribution in [0, 0.1) is 0 Å². The number of rotatable bonds is 8. The highest BCUT2D eigenvalue weighted by molar-refractivity contribution is 7.18. The van der Waals surface area contributed by atoms with E-state index in [9.17, 15) is 4.79 Å². The van der Waals surface area contributed by atoms with Crippen LogP contribution in [0.5, 0.6) is 5.75 Å². The maximum atomic E-state index is 11.7. The van der Waals surface area contributed by atoms with Gasteiger partial charge in [-0.1, -0.05) is 11.6 Å². The van der Waals surface area contributed by atoms with Gasteiger partial charge in [-0.05, 0) is 51.1 Å². The van der Waals surface area contributed by atoms with Gasteiger partial charge in [0.2, 0.25) is 0 Å². The van der Waals surface area contributed by atoms with Crippen LogP contribution >= 0.6 is 22.9 Å². The molecule has 0 aliphatic rings. The molecule has 32 heavy (non-hydrogen) atoms. The normalized spacial score (nSPS) is 11.3. The summed E-state index contributed by atoms with van der Waals surface area (Å²) in [6, 6.07) is 9.75. The van der Waals surface area contributed by atoms with Crippen molar-refractivity contribution in [2.24, 2.45) is 0 Å². The van der Waals surface area contributed by atoms with Gasteiger partial charge < -0.3 is 14.0 Å². The third-order valence-electron chi connectivity index (χ3n) is 4.84. The van der Waals surface area contributed by atoms with Crippen molar-refractivity contribution in [3.63, 3.8) is 0 Å². The van der Waals surface area contributed by atoms with Crippen molar-refractivity contribution < 1.29 is 14.3 Å². The lowest BCUT2D eigenvalue weighted by atomic mass is 10.1. The summed E-state index contributed by atoms with van der Waals surface area (Å²) >= 11 is 8.00. The van der Waals surface area contributed by atoms with Crippen molar-refractivity contribution in [2.75, 3.05) is 6.61 Å². The van der Waals surface area contributed by atoms with Gasteiger partial charge in [-0.25, -0.2) is 9.97 Å². The van der Waals surface area contributed by atoms with E-state index < -0.39 is 0 Å². The Kier molecular flexibility index (Phi) is 6.77. The predicted molar refractivity (Wildman–Crippen MR) is 128 cm³/mol. The number of benzene rings is 1. The highest BCUT2D eigenvalue weighted by Gasteiger charge is 2.14. The Morgan fingerprint density at radius 3 is 2.81 bits per heavy atom. The fourth-order valence-corrected chi connectivity index (χ4v) is 4.62. The van der Waals surface area contributed by atoms with Crippen molar-refractivity contribution in [1.29, 1.82) is 0 Å². The van der Waals surface area contributed by atoms with E-state index in [1.54, 1.807) is 17.5 Å². The molecule has 4 rings (SSSR count). The van der Waals surface area contributed by atoms with E-state index >= 15 is 0 Å². The average molecular weight is 470 g/mol. The number of carbonyl (C=O) groups is 1. The molecular weight excluding hydrogens is 446 g/mol. The summed E-state index contributed by atoms with van der Waals surface area (Å²) in [7, 11) is 0. The topological polar surface area (TPSA) is 66.2 Å². The van der Waals surface area contributed by atoms with E-state index in [1.807, 2.05) is 68.1 Å². The zero-order valence-corrected chi connectivity index (χ0v) is 19.7. The van der Waals surface area contributed by atoms with Gasteiger partial charge in [0.15, 0.2) is 0 Å². The summed E-state index contributed by atoms with van der Waals surface area (Å²) in [5.74, 6) is 0.461. The number of hydrogen-bond acceptors (Lipinski definition) is 6. The summed E-state index contributed by atoms with van der Waals surface area (Å²) in [6.45, 7) is 6.66. The third kappa shape index (κ3) is 4.79. The van der Waals surface area contributed by atoms with E-state index in [0.717, 1.165) is 32.0 Å². The highest BCUT2D eigenvalue weighted by Crippen LogP contribution is 2.38. The third-order valence-corrected chi connectivity index (χ3v) is 6.21. The van der Waals surface area contributed by atoms with Crippen molar-refractivity contribution >= 4 is 39.9 Å². The Bertz CT molecular complexity index is 1250. The van der Waals surface area contributed by atoms with Crippen LogP contribution in [0.2, 0.25) is 5.02 Å². The number of hydrogen-bond donors (Lipinski definition) is 0. The van der Waals surface area contributed by atoms with Crippen molar-refractivity contribution in [3.05, 3.63) is 53.9 Å². The van der Waals surface area contributed by atoms with Gasteiger partial charge in [0.05, 0.1) is 29.0 Å². The molecule has 8 heteroatoms. The van der Waals surface area contributed by atoms with Gasteiger partial charge >= 0.3 is 5.97 Å². The number of carbonyl (C=O) groups excluding carboxylic acids is 1. The van der Waals surface area contributed by atoms with Gasteiger partial charge in [0, 0.05) is 41.6 Å². The van der Waals surface area contributed by atoms with E-state index in [1.165, 1.54) is 0 Å². The molecule has 0 spiro atoms. The van der Waals surface area contributed by atoms with E-state index in [2.05, 4.69) is 9.97 Å². The molecule has 0 amide bonds. The summed E-state index contributed by atoms with van der Waals surface area (Å²) < 4.78 is 12.7. The maximum Gasteiger partial charge on any atom is 0.307 e. The van der Waals surface area contributed by atoms with Crippen LogP contribution in [0.3, 0.4) is 0 Å². The highest BCUT2D eigenvalue weighted by atomic mass is 35.5. The van der Waals surface area contributed by atoms with Crippen LogP contribution in [0.25, 0.3) is 32.0 Å². The van der Waals surface area contributed by atoms with Crippen LogP contribution < -0.4 is 4.74 Å². The molecule has 4 aromatic rings. The molecule has 0 aliphatic heterocycles. The van der Waals surface area contributed by atoms with Crippen LogP contribution in [0.15, 0.2) is 48.9 Å². The lowest BCUT2D eigenvalue weighted by Gasteiger charge is -2.11. The van der Waals surface area contributed by atoms with E-state index in [4.69, 9.17) is 21.1 Å². The first-order valence-corrected chi connectivity index (χ1v) is 11.7. The van der Waals surface area contributed by atoms with Gasteiger partial charge in [-0.15, -0.1) is 11.3 Å². The molecule has 0 aliphatic carbocycles. The molecule has 1 aromatic carbocycles. The lowest BCUT2D eigenvalue weighted by molar-refractivity contribution is -0.143. The largest absolute Gasteiger partial charge is 0.489 e. The molecule has 0 saturated carbocycles. The number of ether oxygens (including phenoxy) is 2. The maximum absolute atomic E-state index is 11.7. The molecule has 0 unspecified atom stereocenters. The van der Waals surface area contributed by atoms with Gasteiger partial charge in [-0.2, -0.15) is 0 Å². The fraction of sp³-hybridized carbons (Fsp3) is 0.292. The summed E-state index contributed by atoms with van der Waals surface area (Å²) in [4.78, 5) is 21.9. The molecule has 0 saturated heterocycles. The second-order valence-electron chi connectivity index (χ2n) is 7.50. The van der Waals surface area contributed by atoms with Crippen LogP contribution in [0.1, 0.15) is 27.2 Å². The SMILES string of the molecule is CCOC(=O)CCn1ccc2c(-c3cnc(-c4ccc(OC(C)C)c(Cl)c4)s3)ccnc21. The first kappa shape index (κ1) is 22.3. The molecule has 3 heterocycles. The number of thiazole rings is 1. The standard InChI is InChI=1S/C24H24ClN3O3S/c1-4-30-22(29)9-12-28-11-8-18-17(7-10-26-23(18)28)21-14-27-24(32-21)16-5-6-20(19(25)13-16)31-15(2)3/h5-8,10-11,13-15H,4,9,12H2,1-3H3. The van der Waals surface area contributed by atoms with Crippen molar-refractivity contribution in [2.45, 2.75) is 39.8 Å². The molecule has 0 N–H and O–H groups in total. The molecule has 3 aromatic heterocycles. The smallest absolute Gasteiger partial charge is 0.307 e. The summed E-state index contributed by atoms with van der Waals surface area (Å²) in [5.41, 5.74) is 2.83. The first-order chi connectivity index (χ1) is 15.5. The summed E-state index contributed by atoms with van der Waals surface area (Å²) in [6.07, 6.45) is 5.98. The molecule has 6 nitrogen and oxygen atoms in total. The van der Waals surface area contributed by atoms with Crippen molar-refractivity contribution in [1.82, 2.24) is 14.5 Å². The molecule has 0 radical (unpaired) electrons. The second kappa shape index (κ2) is 9.71. The molecule has 0 atom stereocenters. The Hall–Kier alpha value is -2.90. The van der Waals surface area contributed by atoms with Crippen molar-refractivity contribution in [3.8, 4) is 26.8 Å². The number of fused-ring (bicyclic) bond motifs is 1. The molecule has 0 bridgehead atoms. The minimum Gasteiger partial charge on any atom is -0.489 e. The number of esters is 1. The van der Waals surface area contributed by atoms with E-state index in [0.29, 0.717) is 30.3 Å². The lowest BCUT2D eigenvalue weighted by Crippen LogP contribution is -2.08. The monoisotopic (exact) mass is 469 g/mol. The fourth-order valence-electron chi connectivity index (χ4n) is 3.45. The number of halogens is 1. The second-order valence-corrected chi connectivity index (χ2v) is 8.94. The zero-order valence-electron chi connectivity index (χ0n) is 18.2. The van der Waals surface area contributed by atoms with Crippen LogP contribution in [-0.4, -0.2) is 33.2 Å². The predicted octanol–water partition coefficient (Wildman–Crippen LogP) is 6.22. The Morgan fingerprint density at radius 1 is 1.22 bits per heavy atom. The van der Waals surface area contributed by atoms with Gasteiger partial charge in [0.1, 0.15) is 16.4 Å². The number of nitrogens with zero attached hydrogens (tertiary/aromatic N) is 3. The average Bonchev–Trinajstić information content (AvgIpc) is 3.41. The van der Waals surface area contributed by atoms with Gasteiger partial charge in [0.25, 0.3) is 0 Å². The van der Waals surface area contributed by atoms with Crippen LogP contribution in [0.4, 0.5) is 0 Å². The summed E-state index contributed by atoms with van der Waals surface area (Å²) in [5, 5.41) is 2.47. The molecule has 166 valence electrons. The minimum absolute atomic E-state index is 0.0588. The molecule has 0 fully saturated rings. The van der Waals surface area contributed by atoms with Crippen LogP contribution in [-0.2, 0) is 16.1 Å². The Balaban J connectivity index is 1.60. The Morgan fingerprint density at radius 2 is 2.06 bits per heavy atom. The number of pyridine rings is 1. The quantitative estimate of drug-likeness (QED) is 0.286. The number of aromatic nitrogens is 3. The first-order valence-electron chi connectivity index (χ1n) is 10.5.